The number of halogens is 1. The van der Waals surface area contributed by atoms with E-state index in [1.807, 2.05) is 30.3 Å². The van der Waals surface area contributed by atoms with Gasteiger partial charge in [0.15, 0.2) is 11.6 Å². The lowest BCUT2D eigenvalue weighted by Gasteiger charge is -2.15. The first-order valence-electron chi connectivity index (χ1n) is 9.52. The predicted molar refractivity (Wildman–Crippen MR) is 115 cm³/mol. The molecule has 0 radical (unpaired) electrons. The van der Waals surface area contributed by atoms with Gasteiger partial charge in [-0.2, -0.15) is 0 Å². The van der Waals surface area contributed by atoms with Crippen LogP contribution in [0, 0.1) is 5.82 Å². The van der Waals surface area contributed by atoms with Crippen molar-refractivity contribution in [3.8, 4) is 17.0 Å². The number of benzene rings is 2. The summed E-state index contributed by atoms with van der Waals surface area (Å²) in [5, 5.41) is 10.7. The monoisotopic (exact) mass is 402 g/mol. The first kappa shape index (κ1) is 18.1. The summed E-state index contributed by atoms with van der Waals surface area (Å²) in [7, 11) is 1.62. The second-order valence-electron chi connectivity index (χ2n) is 6.87. The summed E-state index contributed by atoms with van der Waals surface area (Å²) in [6, 6.07) is 14.3. The minimum Gasteiger partial charge on any atom is -0.494 e. The molecule has 3 N–H and O–H groups in total. The first-order chi connectivity index (χ1) is 14.7. The van der Waals surface area contributed by atoms with Gasteiger partial charge in [-0.25, -0.2) is 19.3 Å². The summed E-state index contributed by atoms with van der Waals surface area (Å²) in [6.07, 6.45) is 1.51. The second kappa shape index (κ2) is 7.47. The fourth-order valence-corrected chi connectivity index (χ4v) is 3.62. The average molecular weight is 402 g/mol. The Bertz CT molecular complexity index is 1250. The summed E-state index contributed by atoms with van der Waals surface area (Å²) in [6.45, 7) is 1.06. The summed E-state index contributed by atoms with van der Waals surface area (Å²) in [5.74, 6) is 1.82. The van der Waals surface area contributed by atoms with Crippen LogP contribution in [0.3, 0.4) is 0 Å². The van der Waals surface area contributed by atoms with Crippen molar-refractivity contribution in [3.05, 3.63) is 66.2 Å². The van der Waals surface area contributed by atoms with Crippen LogP contribution < -0.4 is 20.7 Å². The van der Waals surface area contributed by atoms with Gasteiger partial charge in [0.25, 0.3) is 0 Å². The smallest absolute Gasteiger partial charge is 0.156 e. The van der Waals surface area contributed by atoms with Crippen LogP contribution in [0.25, 0.3) is 22.2 Å². The van der Waals surface area contributed by atoms with Gasteiger partial charge in [0.05, 0.1) is 19.5 Å². The maximum absolute atomic E-state index is 13.9. The standard InChI is InChI=1S/C22H19FN6O/c1-30-17-7-3-5-13-8-15(10-24-21-20-22(26-11-25-20)28-12-27-21)18(29-19(13)17)14-4-2-6-16(23)9-14/h2-9,12,25H,10-11H2,1H3,(H2,24,26,27,28). The Labute approximate surface area is 172 Å². The van der Waals surface area contributed by atoms with Crippen molar-refractivity contribution in [2.45, 2.75) is 6.54 Å². The number of nitrogens with zero attached hydrogens (tertiary/aromatic N) is 3. The Hall–Kier alpha value is -3.94. The Balaban J connectivity index is 1.59. The molecule has 30 heavy (non-hydrogen) atoms. The molecule has 0 saturated heterocycles. The van der Waals surface area contributed by atoms with E-state index < -0.39 is 0 Å². The molecule has 3 heterocycles. The molecule has 0 unspecified atom stereocenters. The summed E-state index contributed by atoms with van der Waals surface area (Å²) in [5.41, 5.74) is 3.87. The van der Waals surface area contributed by atoms with Gasteiger partial charge >= 0.3 is 0 Å². The molecule has 0 saturated carbocycles. The lowest BCUT2D eigenvalue weighted by atomic mass is 10.0. The maximum atomic E-state index is 13.9. The highest BCUT2D eigenvalue weighted by atomic mass is 19.1. The van der Waals surface area contributed by atoms with Gasteiger partial charge in [-0.15, -0.1) is 0 Å². The van der Waals surface area contributed by atoms with E-state index in [9.17, 15) is 4.39 Å². The van der Waals surface area contributed by atoms with Crippen molar-refractivity contribution in [3.63, 3.8) is 0 Å². The number of para-hydroxylation sites is 1. The Kier molecular flexibility index (Phi) is 4.51. The third-order valence-corrected chi connectivity index (χ3v) is 5.02. The van der Waals surface area contributed by atoms with Gasteiger partial charge in [-0.1, -0.05) is 24.3 Å². The molecule has 0 fully saturated rings. The van der Waals surface area contributed by atoms with Crippen molar-refractivity contribution in [2.24, 2.45) is 0 Å². The molecular weight excluding hydrogens is 383 g/mol. The third kappa shape index (κ3) is 3.22. The van der Waals surface area contributed by atoms with E-state index in [1.54, 1.807) is 13.2 Å². The topological polar surface area (TPSA) is 84.0 Å². The molecule has 0 amide bonds. The van der Waals surface area contributed by atoms with Gasteiger partial charge in [-0.05, 0) is 29.8 Å². The van der Waals surface area contributed by atoms with E-state index in [4.69, 9.17) is 9.72 Å². The summed E-state index contributed by atoms with van der Waals surface area (Å²) in [4.78, 5) is 13.4. The van der Waals surface area contributed by atoms with E-state index in [0.717, 1.165) is 28.0 Å². The molecule has 4 aromatic rings. The van der Waals surface area contributed by atoms with Crippen molar-refractivity contribution >= 4 is 28.2 Å². The zero-order valence-electron chi connectivity index (χ0n) is 16.2. The van der Waals surface area contributed by atoms with Crippen LogP contribution in [-0.4, -0.2) is 28.7 Å². The van der Waals surface area contributed by atoms with Gasteiger partial charge in [-0.3, -0.25) is 0 Å². The van der Waals surface area contributed by atoms with Gasteiger partial charge < -0.3 is 20.7 Å². The van der Waals surface area contributed by atoms with E-state index in [2.05, 4.69) is 25.9 Å². The van der Waals surface area contributed by atoms with Crippen LogP contribution in [-0.2, 0) is 6.54 Å². The number of anilines is 3. The molecule has 7 nitrogen and oxygen atoms in total. The molecule has 1 aliphatic heterocycles. The predicted octanol–water partition coefficient (Wildman–Crippen LogP) is 4.25. The largest absolute Gasteiger partial charge is 0.494 e. The van der Waals surface area contributed by atoms with Crippen LogP contribution in [0.15, 0.2) is 54.9 Å². The number of hydrogen-bond acceptors (Lipinski definition) is 7. The molecule has 5 rings (SSSR count). The highest BCUT2D eigenvalue weighted by molar-refractivity contribution is 5.88. The van der Waals surface area contributed by atoms with Crippen LogP contribution in [0.4, 0.5) is 21.7 Å². The van der Waals surface area contributed by atoms with Gasteiger partial charge in [0, 0.05) is 17.5 Å². The van der Waals surface area contributed by atoms with Gasteiger partial charge in [0.2, 0.25) is 0 Å². The SMILES string of the molecule is COc1cccc2cc(CNc3ncnc4c3NCN4)c(-c3cccc(F)c3)nc12. The Morgan fingerprint density at radius 2 is 2.00 bits per heavy atom. The highest BCUT2D eigenvalue weighted by Gasteiger charge is 2.17. The van der Waals surface area contributed by atoms with Crippen molar-refractivity contribution in [1.29, 1.82) is 0 Å². The molecule has 0 aliphatic carbocycles. The fourth-order valence-electron chi connectivity index (χ4n) is 3.62. The quantitative estimate of drug-likeness (QED) is 0.460. The summed E-state index contributed by atoms with van der Waals surface area (Å²) < 4.78 is 19.4. The van der Waals surface area contributed by atoms with Crippen molar-refractivity contribution in [1.82, 2.24) is 15.0 Å². The van der Waals surface area contributed by atoms with E-state index in [-0.39, 0.29) is 5.82 Å². The Morgan fingerprint density at radius 3 is 2.87 bits per heavy atom. The zero-order chi connectivity index (χ0) is 20.5. The second-order valence-corrected chi connectivity index (χ2v) is 6.87. The molecule has 0 atom stereocenters. The molecule has 150 valence electrons. The Morgan fingerprint density at radius 1 is 1.10 bits per heavy atom. The molecule has 8 heteroatoms. The van der Waals surface area contributed by atoms with Crippen LogP contribution >= 0.6 is 0 Å². The van der Waals surface area contributed by atoms with Crippen LogP contribution in [0.1, 0.15) is 5.56 Å². The first-order valence-corrected chi connectivity index (χ1v) is 9.52. The van der Waals surface area contributed by atoms with Crippen molar-refractivity contribution < 1.29 is 9.13 Å². The maximum Gasteiger partial charge on any atom is 0.156 e. The third-order valence-electron chi connectivity index (χ3n) is 5.02. The fraction of sp³-hybridized carbons (Fsp3) is 0.136. The molecular formula is C22H19FN6O. The molecule has 1 aliphatic rings. The number of methoxy groups -OCH3 is 1. The van der Waals surface area contributed by atoms with E-state index in [1.165, 1.54) is 18.5 Å². The minimum atomic E-state index is -0.308. The summed E-state index contributed by atoms with van der Waals surface area (Å²) >= 11 is 0. The van der Waals surface area contributed by atoms with E-state index in [0.29, 0.717) is 36.0 Å². The number of aromatic nitrogens is 3. The van der Waals surface area contributed by atoms with Crippen molar-refractivity contribution in [2.75, 3.05) is 29.7 Å². The lowest BCUT2D eigenvalue weighted by molar-refractivity contribution is 0.419. The van der Waals surface area contributed by atoms with E-state index >= 15 is 0 Å². The number of ether oxygens (including phenoxy) is 1. The van der Waals surface area contributed by atoms with Crippen LogP contribution in [0.2, 0.25) is 0 Å². The molecule has 2 aromatic carbocycles. The number of hydrogen-bond donors (Lipinski definition) is 3. The zero-order valence-corrected chi connectivity index (χ0v) is 16.2. The minimum absolute atomic E-state index is 0.308. The molecule has 0 bridgehead atoms. The number of nitrogens with one attached hydrogen (secondary N) is 3. The number of rotatable bonds is 5. The lowest BCUT2D eigenvalue weighted by Crippen LogP contribution is -2.07. The average Bonchev–Trinajstić information content (AvgIpc) is 3.26. The molecule has 2 aromatic heterocycles. The number of fused-ring (bicyclic) bond motifs is 2. The van der Waals surface area contributed by atoms with Crippen LogP contribution in [0.5, 0.6) is 5.75 Å². The highest BCUT2D eigenvalue weighted by Crippen LogP contribution is 2.33. The number of pyridine rings is 1. The normalized spacial score (nSPS) is 12.2. The van der Waals surface area contributed by atoms with Gasteiger partial charge in [0.1, 0.15) is 29.1 Å². The molecule has 0 spiro atoms.